The summed E-state index contributed by atoms with van der Waals surface area (Å²) in [5.41, 5.74) is 6.24. The first kappa shape index (κ1) is 11.3. The van der Waals surface area contributed by atoms with Crippen LogP contribution in [0.1, 0.15) is 5.56 Å². The molecule has 0 aliphatic heterocycles. The van der Waals surface area contributed by atoms with E-state index < -0.39 is 5.82 Å². The molecule has 1 aromatic carbocycles. The molecular formula is C11H10F2N4. The third-order valence-corrected chi connectivity index (χ3v) is 2.20. The second kappa shape index (κ2) is 4.32. The fraction of sp³-hybridized carbons (Fsp3) is 0.0909. The molecule has 0 fully saturated rings. The molecule has 3 N–H and O–H groups in total. The largest absolute Gasteiger partial charge is 0.368 e. The van der Waals surface area contributed by atoms with E-state index in [9.17, 15) is 8.78 Å². The summed E-state index contributed by atoms with van der Waals surface area (Å²) >= 11 is 0. The van der Waals surface area contributed by atoms with E-state index in [1.165, 1.54) is 6.07 Å². The second-order valence-corrected chi connectivity index (χ2v) is 3.51. The topological polar surface area (TPSA) is 63.8 Å². The maximum absolute atomic E-state index is 13.3. The number of halogens is 2. The molecule has 0 spiro atoms. The zero-order chi connectivity index (χ0) is 12.4. The molecule has 17 heavy (non-hydrogen) atoms. The van der Waals surface area contributed by atoms with E-state index in [2.05, 4.69) is 15.3 Å². The number of rotatable bonds is 2. The Bertz CT molecular complexity index is 557. The van der Waals surface area contributed by atoms with Crippen LogP contribution in [0.5, 0.6) is 0 Å². The normalized spacial score (nSPS) is 10.3. The molecule has 6 heteroatoms. The molecule has 0 aliphatic rings. The van der Waals surface area contributed by atoms with Gasteiger partial charge in [-0.15, -0.1) is 0 Å². The Hall–Kier alpha value is -2.24. The first-order valence-electron chi connectivity index (χ1n) is 4.87. The number of hydrogen-bond acceptors (Lipinski definition) is 4. The van der Waals surface area contributed by atoms with Gasteiger partial charge in [0, 0.05) is 5.69 Å². The fourth-order valence-electron chi connectivity index (χ4n) is 1.28. The summed E-state index contributed by atoms with van der Waals surface area (Å²) in [6.07, 6.45) is 0.954. The van der Waals surface area contributed by atoms with E-state index in [4.69, 9.17) is 5.73 Å². The summed E-state index contributed by atoms with van der Waals surface area (Å²) in [4.78, 5) is 7.17. The highest BCUT2D eigenvalue weighted by Gasteiger charge is 2.06. The minimum atomic E-state index is -0.653. The van der Waals surface area contributed by atoms with Crippen LogP contribution < -0.4 is 11.1 Å². The number of nitrogens with two attached hydrogens (primary N) is 1. The maximum Gasteiger partial charge on any atom is 0.222 e. The first-order chi connectivity index (χ1) is 8.06. The van der Waals surface area contributed by atoms with E-state index in [1.54, 1.807) is 19.1 Å². The van der Waals surface area contributed by atoms with Gasteiger partial charge >= 0.3 is 0 Å². The highest BCUT2D eigenvalue weighted by molar-refractivity contribution is 5.57. The first-order valence-corrected chi connectivity index (χ1v) is 4.87. The van der Waals surface area contributed by atoms with Crippen LogP contribution >= 0.6 is 0 Å². The molecular weight excluding hydrogens is 226 g/mol. The third kappa shape index (κ3) is 2.47. The van der Waals surface area contributed by atoms with E-state index >= 15 is 0 Å². The predicted molar refractivity (Wildman–Crippen MR) is 60.8 cm³/mol. The number of nitrogens with zero attached hydrogens (tertiary/aromatic N) is 2. The van der Waals surface area contributed by atoms with Gasteiger partial charge in [0.15, 0.2) is 11.6 Å². The van der Waals surface area contributed by atoms with Gasteiger partial charge in [-0.3, -0.25) is 0 Å². The molecule has 0 saturated heterocycles. The number of anilines is 3. The number of aryl methyl sites for hydroxylation is 1. The zero-order valence-corrected chi connectivity index (χ0v) is 9.04. The average Bonchev–Trinajstić information content (AvgIpc) is 2.29. The van der Waals surface area contributed by atoms with Crippen molar-refractivity contribution in [1.82, 2.24) is 9.97 Å². The standard InChI is InChI=1S/C11H10F2N4/c1-6-2-3-7(4-8(6)12)16-10-9(13)5-15-11(14)17-10/h2-5H,1H3,(H3,14,15,16,17). The summed E-state index contributed by atoms with van der Waals surface area (Å²) in [6, 6.07) is 4.46. The van der Waals surface area contributed by atoms with Gasteiger partial charge in [-0.05, 0) is 24.6 Å². The van der Waals surface area contributed by atoms with Gasteiger partial charge in [0.25, 0.3) is 0 Å². The van der Waals surface area contributed by atoms with Crippen LogP contribution in [0, 0.1) is 18.6 Å². The molecule has 1 aromatic heterocycles. The van der Waals surface area contributed by atoms with Crippen LogP contribution in [-0.4, -0.2) is 9.97 Å². The molecule has 2 rings (SSSR count). The second-order valence-electron chi connectivity index (χ2n) is 3.51. The van der Waals surface area contributed by atoms with Crippen LogP contribution in [0.15, 0.2) is 24.4 Å². The van der Waals surface area contributed by atoms with Crippen molar-refractivity contribution < 1.29 is 8.78 Å². The highest BCUT2D eigenvalue weighted by atomic mass is 19.1. The Morgan fingerprint density at radius 1 is 1.24 bits per heavy atom. The zero-order valence-electron chi connectivity index (χ0n) is 9.04. The van der Waals surface area contributed by atoms with Crippen molar-refractivity contribution in [1.29, 1.82) is 0 Å². The van der Waals surface area contributed by atoms with Crippen molar-refractivity contribution in [2.24, 2.45) is 0 Å². The van der Waals surface area contributed by atoms with Crippen molar-refractivity contribution in [2.75, 3.05) is 11.1 Å². The van der Waals surface area contributed by atoms with Gasteiger partial charge in [0.05, 0.1) is 6.20 Å². The number of nitrogens with one attached hydrogen (secondary N) is 1. The molecule has 2 aromatic rings. The van der Waals surface area contributed by atoms with Crippen molar-refractivity contribution in [3.05, 3.63) is 41.6 Å². The minimum Gasteiger partial charge on any atom is -0.368 e. The van der Waals surface area contributed by atoms with Crippen LogP contribution in [0.4, 0.5) is 26.2 Å². The summed E-state index contributed by atoms with van der Waals surface area (Å²) in [6.45, 7) is 1.64. The van der Waals surface area contributed by atoms with Gasteiger partial charge in [0.2, 0.25) is 5.95 Å². The van der Waals surface area contributed by atoms with Gasteiger partial charge < -0.3 is 11.1 Å². The molecule has 4 nitrogen and oxygen atoms in total. The number of benzene rings is 1. The molecule has 0 bridgehead atoms. The molecule has 88 valence electrons. The summed E-state index contributed by atoms with van der Waals surface area (Å²) in [5, 5.41) is 2.63. The molecule has 0 amide bonds. The highest BCUT2D eigenvalue weighted by Crippen LogP contribution is 2.19. The lowest BCUT2D eigenvalue weighted by molar-refractivity contribution is 0.616. The molecule has 0 atom stereocenters. The molecule has 0 saturated carbocycles. The van der Waals surface area contributed by atoms with Crippen LogP contribution in [0.3, 0.4) is 0 Å². The fourth-order valence-corrected chi connectivity index (χ4v) is 1.28. The lowest BCUT2D eigenvalue weighted by Gasteiger charge is -2.07. The smallest absolute Gasteiger partial charge is 0.222 e. The Kier molecular flexibility index (Phi) is 2.86. The molecule has 0 aliphatic carbocycles. The van der Waals surface area contributed by atoms with Gasteiger partial charge in [-0.2, -0.15) is 4.98 Å². The van der Waals surface area contributed by atoms with Crippen LogP contribution in [0.25, 0.3) is 0 Å². The minimum absolute atomic E-state index is 0.0542. The lowest BCUT2D eigenvalue weighted by atomic mass is 10.2. The average molecular weight is 236 g/mol. The van der Waals surface area contributed by atoms with E-state index in [-0.39, 0.29) is 17.6 Å². The van der Waals surface area contributed by atoms with Gasteiger partial charge in [-0.25, -0.2) is 13.8 Å². The molecule has 1 heterocycles. The summed E-state index contributed by atoms with van der Waals surface area (Å²) in [7, 11) is 0. The Morgan fingerprint density at radius 2 is 2.00 bits per heavy atom. The van der Waals surface area contributed by atoms with Crippen molar-refractivity contribution in [3.63, 3.8) is 0 Å². The van der Waals surface area contributed by atoms with E-state index in [0.29, 0.717) is 11.3 Å². The number of nitrogen functional groups attached to an aromatic ring is 1. The van der Waals surface area contributed by atoms with Gasteiger partial charge in [-0.1, -0.05) is 6.07 Å². The number of hydrogen-bond donors (Lipinski definition) is 2. The summed E-state index contributed by atoms with van der Waals surface area (Å²) in [5.74, 6) is -1.17. The predicted octanol–water partition coefficient (Wildman–Crippen LogP) is 2.39. The monoisotopic (exact) mass is 236 g/mol. The van der Waals surface area contributed by atoms with Crippen LogP contribution in [0.2, 0.25) is 0 Å². The third-order valence-electron chi connectivity index (χ3n) is 2.20. The van der Waals surface area contributed by atoms with Crippen LogP contribution in [-0.2, 0) is 0 Å². The lowest BCUT2D eigenvalue weighted by Crippen LogP contribution is -2.02. The van der Waals surface area contributed by atoms with Gasteiger partial charge in [0.1, 0.15) is 5.82 Å². The SMILES string of the molecule is Cc1ccc(Nc2nc(N)ncc2F)cc1F. The quantitative estimate of drug-likeness (QED) is 0.840. The Morgan fingerprint density at radius 3 is 2.71 bits per heavy atom. The Labute approximate surface area is 96.5 Å². The Balaban J connectivity index is 2.31. The van der Waals surface area contributed by atoms with E-state index in [1.807, 2.05) is 0 Å². The number of aromatic nitrogens is 2. The van der Waals surface area contributed by atoms with E-state index in [0.717, 1.165) is 6.20 Å². The summed E-state index contributed by atoms with van der Waals surface area (Å²) < 4.78 is 26.6. The maximum atomic E-state index is 13.3. The van der Waals surface area contributed by atoms with Crippen molar-refractivity contribution in [2.45, 2.75) is 6.92 Å². The van der Waals surface area contributed by atoms with Crippen molar-refractivity contribution >= 4 is 17.5 Å². The molecule has 0 radical (unpaired) electrons. The van der Waals surface area contributed by atoms with Crippen molar-refractivity contribution in [3.8, 4) is 0 Å². The molecule has 0 unspecified atom stereocenters.